The van der Waals surface area contributed by atoms with Gasteiger partial charge in [-0.05, 0) is 79.5 Å². The molecule has 10 nitrogen and oxygen atoms in total. The van der Waals surface area contributed by atoms with E-state index in [9.17, 15) is 14.0 Å². The number of carbonyl (C=O) groups is 2. The number of rotatable bonds is 8. The van der Waals surface area contributed by atoms with Gasteiger partial charge >= 0.3 is 5.97 Å². The number of piperazine rings is 1. The number of nitrogens with one attached hydrogen (secondary N) is 2. The van der Waals surface area contributed by atoms with Crippen LogP contribution in [0.3, 0.4) is 0 Å². The Kier molecular flexibility index (Phi) is 20.8. The van der Waals surface area contributed by atoms with Gasteiger partial charge in [-0.1, -0.05) is 58.7 Å². The van der Waals surface area contributed by atoms with Crippen molar-refractivity contribution in [2.45, 2.75) is 91.8 Å². The van der Waals surface area contributed by atoms with E-state index in [2.05, 4.69) is 34.1 Å². The van der Waals surface area contributed by atoms with Gasteiger partial charge in [0.2, 0.25) is 6.41 Å². The van der Waals surface area contributed by atoms with Crippen LogP contribution in [0.4, 0.5) is 10.1 Å². The number of benzene rings is 1. The molecule has 1 aromatic carbocycles. The third kappa shape index (κ3) is 15.8. The molecule has 7 rings (SSSR count). The number of nitrogens with zero attached hydrogens (tertiary/aromatic N) is 4. The van der Waals surface area contributed by atoms with E-state index in [1.54, 1.807) is 26.0 Å². The SMILES string of the molecule is CC.CCOC(=O)C(N)C(C)C.Cc1ccc([NH-])cc1F.O=CN1CCN(Cc2ccc(-c3cc4nccc(C5CC5)c4s3)nc2)CC1.[NH-]C1CC1.[Y]. The van der Waals surface area contributed by atoms with Gasteiger partial charge in [-0.3, -0.25) is 24.5 Å². The van der Waals surface area contributed by atoms with Crippen LogP contribution in [0, 0.1) is 18.7 Å². The van der Waals surface area contributed by atoms with Crippen molar-refractivity contribution in [2.24, 2.45) is 11.7 Å². The fourth-order valence-corrected chi connectivity index (χ4v) is 6.12. The Labute approximate surface area is 344 Å². The van der Waals surface area contributed by atoms with E-state index in [-0.39, 0.29) is 56.1 Å². The summed E-state index contributed by atoms with van der Waals surface area (Å²) in [6.07, 6.45) is 9.79. The van der Waals surface area contributed by atoms with Crippen molar-refractivity contribution < 1.29 is 51.4 Å². The number of nitrogens with two attached hydrogens (primary N) is 1. The van der Waals surface area contributed by atoms with Gasteiger partial charge in [-0.15, -0.1) is 23.1 Å². The van der Waals surface area contributed by atoms with E-state index in [0.29, 0.717) is 18.2 Å². The Morgan fingerprint density at radius 2 is 1.72 bits per heavy atom. The third-order valence-corrected chi connectivity index (χ3v) is 9.72. The van der Waals surface area contributed by atoms with Gasteiger partial charge in [0.05, 0.1) is 27.4 Å². The monoisotopic (exact) mass is 822 g/mol. The molecule has 3 fully saturated rings. The number of esters is 1. The van der Waals surface area contributed by atoms with E-state index in [0.717, 1.165) is 69.1 Å². The molecule has 4 N–H and O–H groups in total. The van der Waals surface area contributed by atoms with Crippen LogP contribution in [0.2, 0.25) is 0 Å². The van der Waals surface area contributed by atoms with Gasteiger partial charge in [0, 0.05) is 77.8 Å². The molecule has 1 saturated heterocycles. The largest absolute Gasteiger partial charge is 0.699 e. The Hall–Kier alpha value is -2.87. The Balaban J connectivity index is 0.000000307. The number of halogens is 1. The van der Waals surface area contributed by atoms with Crippen molar-refractivity contribution >= 4 is 39.6 Å². The van der Waals surface area contributed by atoms with E-state index < -0.39 is 6.04 Å². The molecule has 287 valence electrons. The second kappa shape index (κ2) is 23.8. The molecular weight excluding hydrogens is 766 g/mol. The average Bonchev–Trinajstić information content (AvgIpc) is 4.10. The van der Waals surface area contributed by atoms with Gasteiger partial charge < -0.3 is 26.8 Å². The normalized spacial score (nSPS) is 15.5. The summed E-state index contributed by atoms with van der Waals surface area (Å²) in [5.74, 6) is 0.274. The number of thiophene rings is 1. The molecule has 13 heteroatoms. The molecule has 0 bridgehead atoms. The molecule has 4 aromatic rings. The molecule has 1 aliphatic heterocycles. The molecule has 1 unspecified atom stereocenters. The summed E-state index contributed by atoms with van der Waals surface area (Å²) in [5.41, 5.74) is 24.8. The van der Waals surface area contributed by atoms with Gasteiger partial charge in [-0.2, -0.15) is 0 Å². The van der Waals surface area contributed by atoms with Gasteiger partial charge in [0.1, 0.15) is 11.9 Å². The molecule has 3 aliphatic rings. The third-order valence-electron chi connectivity index (χ3n) is 8.53. The second-order valence-corrected chi connectivity index (χ2v) is 14.3. The van der Waals surface area contributed by atoms with Gasteiger partial charge in [0.25, 0.3) is 0 Å². The maximum atomic E-state index is 12.5. The van der Waals surface area contributed by atoms with Crippen molar-refractivity contribution in [3.63, 3.8) is 0 Å². The number of aryl methyl sites for hydroxylation is 1. The maximum absolute atomic E-state index is 12.5. The number of amides is 1. The molecule has 4 heterocycles. The van der Waals surface area contributed by atoms with Crippen LogP contribution in [0.25, 0.3) is 32.3 Å². The first-order valence-electron chi connectivity index (χ1n) is 18.4. The summed E-state index contributed by atoms with van der Waals surface area (Å²) in [4.78, 5) is 36.3. The fourth-order valence-electron chi connectivity index (χ4n) is 4.94. The van der Waals surface area contributed by atoms with E-state index in [4.69, 9.17) is 26.9 Å². The summed E-state index contributed by atoms with van der Waals surface area (Å²) in [6, 6.07) is 12.9. The van der Waals surface area contributed by atoms with Crippen LogP contribution in [0.15, 0.2) is 54.9 Å². The molecule has 2 aliphatic carbocycles. The maximum Gasteiger partial charge on any atom is 0.323 e. The summed E-state index contributed by atoms with van der Waals surface area (Å²) in [5, 5.41) is 0. The molecule has 1 amide bonds. The molecule has 3 aromatic heterocycles. The van der Waals surface area contributed by atoms with Crippen LogP contribution in [-0.2, 0) is 53.6 Å². The number of carbonyl (C=O) groups excluding carboxylic acids is 2. The molecule has 1 radical (unpaired) electrons. The molecule has 53 heavy (non-hydrogen) atoms. The van der Waals surface area contributed by atoms with Crippen LogP contribution in [0.1, 0.15) is 82.9 Å². The van der Waals surface area contributed by atoms with Crippen LogP contribution in [0.5, 0.6) is 0 Å². The Morgan fingerprint density at radius 3 is 2.21 bits per heavy atom. The van der Waals surface area contributed by atoms with Crippen molar-refractivity contribution in [1.29, 1.82) is 0 Å². The van der Waals surface area contributed by atoms with E-state index >= 15 is 0 Å². The zero-order chi connectivity index (χ0) is 38.2. The number of hydrogen-bond acceptors (Lipinski definition) is 8. The number of hydrogen-bond donors (Lipinski definition) is 1. The average molecular weight is 823 g/mol. The quantitative estimate of drug-likeness (QED) is 0.138. The molecule has 0 spiro atoms. The summed E-state index contributed by atoms with van der Waals surface area (Å²) in [7, 11) is 0. The minimum absolute atomic E-state index is 0. The van der Waals surface area contributed by atoms with Gasteiger partial charge in [0.15, 0.2) is 0 Å². The molecule has 1 atom stereocenters. The smallest absolute Gasteiger partial charge is 0.323 e. The Morgan fingerprint density at radius 1 is 1.06 bits per heavy atom. The zero-order valence-corrected chi connectivity index (χ0v) is 35.8. The summed E-state index contributed by atoms with van der Waals surface area (Å²) >= 11 is 1.82. The predicted octanol–water partition coefficient (Wildman–Crippen LogP) is 9.09. The molecular formula is C40H56FN7O3SY-2. The molecule has 2 saturated carbocycles. The first-order valence-corrected chi connectivity index (χ1v) is 19.2. The zero-order valence-electron chi connectivity index (χ0n) is 32.1. The van der Waals surface area contributed by atoms with Crippen LogP contribution >= 0.6 is 11.3 Å². The minimum atomic E-state index is -0.472. The predicted molar refractivity (Wildman–Crippen MR) is 211 cm³/mol. The van der Waals surface area contributed by atoms with Crippen LogP contribution in [-0.4, -0.2) is 77.0 Å². The fraction of sp³-hybridized carbons (Fsp3) is 0.500. The van der Waals surface area contributed by atoms with E-state index in [1.165, 1.54) is 39.6 Å². The number of fused-ring (bicyclic) bond motifs is 1. The summed E-state index contributed by atoms with van der Waals surface area (Å²) < 4.78 is 18.5. The second-order valence-electron chi connectivity index (χ2n) is 13.2. The van der Waals surface area contributed by atoms with E-state index in [1.807, 2.05) is 56.3 Å². The summed E-state index contributed by atoms with van der Waals surface area (Å²) in [6.45, 7) is 16.0. The minimum Gasteiger partial charge on any atom is -0.699 e. The topological polar surface area (TPSA) is 149 Å². The van der Waals surface area contributed by atoms with Crippen molar-refractivity contribution in [3.05, 3.63) is 88.8 Å². The standard InChI is InChI=1S/C21H22N4OS.C7H7FN.C7H15NO2.C3H6N.C2H6.Y/c26-14-25-9-7-24(8-10-25)13-15-1-4-18(23-12-15)20-11-19-21(27-20)17(5-6-22-19)16-2-3-16;1-5-2-3-6(9)4-7(5)8;1-4-10-7(9)6(8)5(2)3;4-3-1-2-3;1-2;/h1,4-6,11-12,14,16H,2-3,7-10,13H2;2-4,9H,1H3;5-6H,4,8H2,1-3H3;3-4H,1-2H2;1-2H3;/q;-1;;-1;;. The van der Waals surface area contributed by atoms with Gasteiger partial charge in [-0.25, -0.2) is 4.39 Å². The number of ether oxygens (including phenoxy) is 1. The van der Waals surface area contributed by atoms with Crippen molar-refractivity contribution in [2.75, 3.05) is 32.8 Å². The number of pyridine rings is 2. The first kappa shape index (κ1) is 46.3. The van der Waals surface area contributed by atoms with Crippen molar-refractivity contribution in [1.82, 2.24) is 19.8 Å². The first-order chi connectivity index (χ1) is 25.0. The van der Waals surface area contributed by atoms with Crippen molar-refractivity contribution in [3.8, 4) is 10.6 Å². The Bertz CT molecular complexity index is 1670. The van der Waals surface area contributed by atoms with Crippen LogP contribution < -0.4 is 5.73 Å². The number of aromatic nitrogens is 2.